The average Bonchev–Trinajstić information content (AvgIpc) is 2.51. The van der Waals surface area contributed by atoms with Crippen molar-refractivity contribution in [3.63, 3.8) is 0 Å². The third-order valence-electron chi connectivity index (χ3n) is 3.53. The van der Waals surface area contributed by atoms with E-state index in [9.17, 15) is 0 Å². The van der Waals surface area contributed by atoms with Crippen LogP contribution in [0.4, 0.5) is 0 Å². The first-order chi connectivity index (χ1) is 9.75. The Bertz CT molecular complexity index is 582. The van der Waals surface area contributed by atoms with Gasteiger partial charge in [0.15, 0.2) is 0 Å². The maximum atomic E-state index is 2.63. The molecule has 20 heavy (non-hydrogen) atoms. The third-order valence-corrected chi connectivity index (χ3v) is 13.0. The van der Waals surface area contributed by atoms with E-state index in [4.69, 9.17) is 0 Å². The van der Waals surface area contributed by atoms with Crippen molar-refractivity contribution >= 4 is 38.0 Å². The molecule has 2 aromatic carbocycles. The normalized spacial score (nSPS) is 22.1. The fraction of sp³-hybridized carbons (Fsp3) is 0.111. The van der Waals surface area contributed by atoms with Crippen LogP contribution in [0, 0.1) is 0 Å². The molecule has 0 radical (unpaired) electrons. The topological polar surface area (TPSA) is 0 Å². The quantitative estimate of drug-likeness (QED) is 0.666. The second-order valence-electron chi connectivity index (χ2n) is 4.98. The Labute approximate surface area is 130 Å². The molecule has 1 aliphatic heterocycles. The van der Waals surface area contributed by atoms with Crippen molar-refractivity contribution in [2.24, 2.45) is 0 Å². The van der Waals surface area contributed by atoms with Crippen LogP contribution in [0.1, 0.15) is 11.1 Å². The van der Waals surface area contributed by atoms with Crippen LogP contribution in [0.3, 0.4) is 0 Å². The number of hydrogen-bond donors (Lipinski definition) is 0. The van der Waals surface area contributed by atoms with Crippen LogP contribution < -0.4 is 0 Å². The van der Waals surface area contributed by atoms with Gasteiger partial charge in [0, 0.05) is 0 Å². The van der Waals surface area contributed by atoms with Gasteiger partial charge in [0.2, 0.25) is 0 Å². The van der Waals surface area contributed by atoms with Crippen LogP contribution in [0.2, 0.25) is 11.4 Å². The van der Waals surface area contributed by atoms with Gasteiger partial charge in [-0.05, 0) is 0 Å². The predicted molar refractivity (Wildman–Crippen MR) is 92.1 cm³/mol. The Morgan fingerprint density at radius 3 is 1.25 bits per heavy atom. The molecule has 0 amide bonds. The van der Waals surface area contributed by atoms with E-state index in [-0.39, 0.29) is 0 Å². The molecule has 0 aliphatic carbocycles. The molecule has 3 rings (SSSR count). The standard InChI is InChI=1S/C18H18As2/c1-19-13-18(16-11-7-4-8-12-16)20(2)14-17(19)15-9-5-3-6-10-15/h3-14H,1-2H3. The van der Waals surface area contributed by atoms with Gasteiger partial charge in [0.1, 0.15) is 0 Å². The Hall–Kier alpha value is -0.963. The van der Waals surface area contributed by atoms with Crippen LogP contribution in [0.5, 0.6) is 0 Å². The first-order valence-electron chi connectivity index (χ1n) is 6.76. The SMILES string of the molecule is C[As]1C=C(c2ccccc2)[As](C)C=C1c1ccccc1. The van der Waals surface area contributed by atoms with Crippen LogP contribution >= 0.6 is 0 Å². The zero-order valence-electron chi connectivity index (χ0n) is 11.8. The summed E-state index contributed by atoms with van der Waals surface area (Å²) in [5.74, 6) is 0. The van der Waals surface area contributed by atoms with E-state index in [1.54, 1.807) is 8.72 Å². The van der Waals surface area contributed by atoms with Crippen molar-refractivity contribution in [1.29, 1.82) is 0 Å². The summed E-state index contributed by atoms with van der Waals surface area (Å²) in [5.41, 5.74) is 7.80. The summed E-state index contributed by atoms with van der Waals surface area (Å²) >= 11 is -2.08. The molecular formula is C18H18As2. The molecule has 100 valence electrons. The van der Waals surface area contributed by atoms with Crippen molar-refractivity contribution in [3.05, 3.63) is 81.5 Å². The Kier molecular flexibility index (Phi) is 4.34. The molecule has 2 aromatic rings. The zero-order valence-corrected chi connectivity index (χ0v) is 15.6. The van der Waals surface area contributed by atoms with Gasteiger partial charge >= 0.3 is 131 Å². The van der Waals surface area contributed by atoms with Gasteiger partial charge in [0.25, 0.3) is 0 Å². The van der Waals surface area contributed by atoms with Crippen molar-refractivity contribution in [3.8, 4) is 0 Å². The zero-order chi connectivity index (χ0) is 13.9. The predicted octanol–water partition coefficient (Wildman–Crippen LogP) is 4.57. The Morgan fingerprint density at radius 1 is 0.550 bits per heavy atom. The Morgan fingerprint density at radius 2 is 0.900 bits per heavy atom. The summed E-state index contributed by atoms with van der Waals surface area (Å²) in [7, 11) is 0. The molecule has 0 saturated heterocycles. The molecule has 0 saturated carbocycles. The molecule has 0 N–H and O–H groups in total. The first kappa shape index (κ1) is 14.0. The van der Waals surface area contributed by atoms with E-state index in [1.807, 2.05) is 0 Å². The van der Waals surface area contributed by atoms with Gasteiger partial charge in [-0.25, -0.2) is 0 Å². The number of rotatable bonds is 2. The summed E-state index contributed by atoms with van der Waals surface area (Å²) in [6.07, 6.45) is 0. The van der Waals surface area contributed by atoms with Gasteiger partial charge < -0.3 is 0 Å². The summed E-state index contributed by atoms with van der Waals surface area (Å²) in [4.78, 5) is 5.26. The summed E-state index contributed by atoms with van der Waals surface area (Å²) < 4.78 is 3.31. The third kappa shape index (κ3) is 2.88. The average molecular weight is 384 g/mol. The first-order valence-corrected chi connectivity index (χ1v) is 14.6. The summed E-state index contributed by atoms with van der Waals surface area (Å²) in [6.45, 7) is 0. The van der Waals surface area contributed by atoms with E-state index in [0.717, 1.165) is 0 Å². The van der Waals surface area contributed by atoms with E-state index in [1.165, 1.54) is 11.1 Å². The van der Waals surface area contributed by atoms with Crippen molar-refractivity contribution < 1.29 is 0 Å². The molecular weight excluding hydrogens is 366 g/mol. The molecule has 2 heteroatoms. The molecule has 2 unspecified atom stereocenters. The van der Waals surface area contributed by atoms with E-state index >= 15 is 0 Å². The number of benzene rings is 2. The molecule has 0 spiro atoms. The molecule has 1 aliphatic rings. The molecule has 0 nitrogen and oxygen atoms in total. The van der Waals surface area contributed by atoms with Crippen molar-refractivity contribution in [1.82, 2.24) is 0 Å². The number of hydrogen-bond acceptors (Lipinski definition) is 0. The second kappa shape index (κ2) is 6.21. The summed E-state index contributed by atoms with van der Waals surface area (Å²) in [5, 5.41) is 0. The van der Waals surface area contributed by atoms with Crippen LogP contribution in [-0.2, 0) is 0 Å². The molecule has 0 aromatic heterocycles. The van der Waals surface area contributed by atoms with E-state index < -0.39 is 29.3 Å². The molecule has 0 fully saturated rings. The van der Waals surface area contributed by atoms with Crippen molar-refractivity contribution in [2.75, 3.05) is 0 Å². The fourth-order valence-corrected chi connectivity index (χ4v) is 16.1. The van der Waals surface area contributed by atoms with Gasteiger partial charge in [-0.1, -0.05) is 0 Å². The molecule has 0 bridgehead atoms. The fourth-order valence-electron chi connectivity index (χ4n) is 2.46. The van der Waals surface area contributed by atoms with Gasteiger partial charge in [-0.3, -0.25) is 0 Å². The Balaban J connectivity index is 1.95. The monoisotopic (exact) mass is 384 g/mol. The van der Waals surface area contributed by atoms with Crippen LogP contribution in [0.25, 0.3) is 8.72 Å². The van der Waals surface area contributed by atoms with E-state index in [0.29, 0.717) is 0 Å². The minimum atomic E-state index is -1.04. The van der Waals surface area contributed by atoms with Crippen molar-refractivity contribution in [2.45, 2.75) is 11.4 Å². The second-order valence-corrected chi connectivity index (χ2v) is 13.2. The molecule has 1 heterocycles. The van der Waals surface area contributed by atoms with Gasteiger partial charge in [-0.15, -0.1) is 0 Å². The maximum absolute atomic E-state index is 2.63. The van der Waals surface area contributed by atoms with E-state index in [2.05, 4.69) is 81.8 Å². The summed E-state index contributed by atoms with van der Waals surface area (Å²) in [6, 6.07) is 21.9. The van der Waals surface area contributed by atoms with Crippen LogP contribution in [-0.4, -0.2) is 29.3 Å². The van der Waals surface area contributed by atoms with Crippen LogP contribution in [0.15, 0.2) is 70.4 Å². The molecule has 2 atom stereocenters. The minimum absolute atomic E-state index is 1.04. The van der Waals surface area contributed by atoms with Gasteiger partial charge in [0.05, 0.1) is 0 Å². The van der Waals surface area contributed by atoms with Gasteiger partial charge in [-0.2, -0.15) is 0 Å².